The van der Waals surface area contributed by atoms with Gasteiger partial charge in [0.2, 0.25) is 5.95 Å². The zero-order valence-electron chi connectivity index (χ0n) is 11.0. The van der Waals surface area contributed by atoms with E-state index in [4.69, 9.17) is 0 Å². The molecule has 0 unspecified atom stereocenters. The summed E-state index contributed by atoms with van der Waals surface area (Å²) in [6.45, 7) is 2.29. The lowest BCUT2D eigenvalue weighted by Gasteiger charge is -2.29. The van der Waals surface area contributed by atoms with Crippen LogP contribution in [0.4, 0.5) is 11.8 Å². The fraction of sp³-hybridized carbons (Fsp3) is 0.462. The van der Waals surface area contributed by atoms with Crippen LogP contribution in [0.5, 0.6) is 0 Å². The van der Waals surface area contributed by atoms with Gasteiger partial charge in [0, 0.05) is 24.6 Å². The highest BCUT2D eigenvalue weighted by molar-refractivity contribution is 5.45. The van der Waals surface area contributed by atoms with Crippen LogP contribution in [-0.4, -0.2) is 44.6 Å². The maximum atomic E-state index is 4.36. The Labute approximate surface area is 112 Å². The summed E-state index contributed by atoms with van der Waals surface area (Å²) in [4.78, 5) is 15.0. The number of aromatic nitrogens is 4. The number of rotatable bonds is 3. The Bertz CT molecular complexity index is 515. The molecule has 3 rings (SSSR count). The van der Waals surface area contributed by atoms with E-state index in [0.717, 1.165) is 18.9 Å². The third-order valence-electron chi connectivity index (χ3n) is 3.52. The summed E-state index contributed by atoms with van der Waals surface area (Å²) in [6, 6.07) is 2.35. The normalized spacial score (nSPS) is 17.5. The molecule has 1 N–H and O–H groups in total. The van der Waals surface area contributed by atoms with Crippen molar-refractivity contribution in [3.63, 3.8) is 0 Å². The number of likely N-dealkylation sites (tertiary alicyclic amines) is 1. The Morgan fingerprint density at radius 3 is 2.63 bits per heavy atom. The monoisotopic (exact) mass is 258 g/mol. The molecule has 0 aromatic carbocycles. The molecule has 2 aromatic heterocycles. The third kappa shape index (κ3) is 2.90. The molecule has 3 heterocycles. The second-order valence-electron chi connectivity index (χ2n) is 4.94. The van der Waals surface area contributed by atoms with Crippen LogP contribution < -0.4 is 5.32 Å². The van der Waals surface area contributed by atoms with Crippen LogP contribution in [0.3, 0.4) is 0 Å². The van der Waals surface area contributed by atoms with Crippen molar-refractivity contribution < 1.29 is 0 Å². The summed E-state index contributed by atoms with van der Waals surface area (Å²) in [5.74, 6) is 1.38. The topological polar surface area (TPSA) is 58.9 Å². The molecule has 2 aromatic rings. The van der Waals surface area contributed by atoms with Gasteiger partial charge in [-0.05, 0) is 39.0 Å². The van der Waals surface area contributed by atoms with Crippen molar-refractivity contribution in [1.82, 2.24) is 24.4 Å². The van der Waals surface area contributed by atoms with Gasteiger partial charge >= 0.3 is 0 Å². The largest absolute Gasteiger partial charge is 0.332 e. The van der Waals surface area contributed by atoms with E-state index >= 15 is 0 Å². The van der Waals surface area contributed by atoms with E-state index in [1.165, 1.54) is 12.8 Å². The molecular formula is C13H18N6. The SMILES string of the molecule is CN1CCC(n2cnc(Nc3ncccn3)c2)CC1. The van der Waals surface area contributed by atoms with Crippen LogP contribution in [0.25, 0.3) is 0 Å². The lowest BCUT2D eigenvalue weighted by Crippen LogP contribution is -2.31. The van der Waals surface area contributed by atoms with Crippen LogP contribution in [-0.2, 0) is 0 Å². The number of nitrogens with one attached hydrogen (secondary N) is 1. The van der Waals surface area contributed by atoms with Gasteiger partial charge < -0.3 is 14.8 Å². The molecule has 0 atom stereocenters. The molecule has 6 heteroatoms. The van der Waals surface area contributed by atoms with Gasteiger partial charge in [0.15, 0.2) is 5.82 Å². The number of hydrogen-bond donors (Lipinski definition) is 1. The highest BCUT2D eigenvalue weighted by atomic mass is 15.2. The van der Waals surface area contributed by atoms with Crippen LogP contribution in [0.2, 0.25) is 0 Å². The fourth-order valence-electron chi connectivity index (χ4n) is 2.37. The highest BCUT2D eigenvalue weighted by Gasteiger charge is 2.18. The predicted octanol–water partition coefficient (Wildman–Crippen LogP) is 1.68. The zero-order chi connectivity index (χ0) is 13.1. The summed E-state index contributed by atoms with van der Waals surface area (Å²) in [5, 5.41) is 3.11. The number of imidazole rings is 1. The van der Waals surface area contributed by atoms with Gasteiger partial charge in [-0.2, -0.15) is 0 Å². The second kappa shape index (κ2) is 5.36. The van der Waals surface area contributed by atoms with Crippen LogP contribution >= 0.6 is 0 Å². The van der Waals surface area contributed by atoms with E-state index in [0.29, 0.717) is 12.0 Å². The van der Waals surface area contributed by atoms with E-state index in [9.17, 15) is 0 Å². The van der Waals surface area contributed by atoms with Crippen molar-refractivity contribution >= 4 is 11.8 Å². The van der Waals surface area contributed by atoms with Crippen molar-refractivity contribution in [3.05, 3.63) is 31.0 Å². The molecule has 0 aliphatic carbocycles. The summed E-state index contributed by atoms with van der Waals surface area (Å²) in [5.41, 5.74) is 0. The molecule has 19 heavy (non-hydrogen) atoms. The van der Waals surface area contributed by atoms with Gasteiger partial charge in [-0.1, -0.05) is 0 Å². The van der Waals surface area contributed by atoms with Gasteiger partial charge in [-0.3, -0.25) is 0 Å². The van der Waals surface area contributed by atoms with Crippen molar-refractivity contribution in [2.75, 3.05) is 25.5 Å². The van der Waals surface area contributed by atoms with E-state index in [1.54, 1.807) is 18.5 Å². The van der Waals surface area contributed by atoms with Crippen LogP contribution in [0.15, 0.2) is 31.0 Å². The molecule has 0 saturated carbocycles. The molecule has 100 valence electrons. The number of hydrogen-bond acceptors (Lipinski definition) is 5. The average molecular weight is 258 g/mol. The molecule has 0 radical (unpaired) electrons. The van der Waals surface area contributed by atoms with Gasteiger partial charge in [-0.25, -0.2) is 15.0 Å². The minimum atomic E-state index is 0.552. The Morgan fingerprint density at radius 2 is 1.89 bits per heavy atom. The van der Waals surface area contributed by atoms with Crippen LogP contribution in [0.1, 0.15) is 18.9 Å². The lowest BCUT2D eigenvalue weighted by atomic mass is 10.1. The quantitative estimate of drug-likeness (QED) is 0.907. The van der Waals surface area contributed by atoms with E-state index in [-0.39, 0.29) is 0 Å². The highest BCUT2D eigenvalue weighted by Crippen LogP contribution is 2.23. The fourth-order valence-corrected chi connectivity index (χ4v) is 2.37. The van der Waals surface area contributed by atoms with Crippen molar-refractivity contribution in [1.29, 1.82) is 0 Å². The predicted molar refractivity (Wildman–Crippen MR) is 73.3 cm³/mol. The lowest BCUT2D eigenvalue weighted by molar-refractivity contribution is 0.221. The summed E-state index contributed by atoms with van der Waals surface area (Å²) >= 11 is 0. The Hall–Kier alpha value is -1.95. The van der Waals surface area contributed by atoms with Crippen LogP contribution in [0, 0.1) is 0 Å². The first-order valence-corrected chi connectivity index (χ1v) is 6.57. The van der Waals surface area contributed by atoms with Crippen molar-refractivity contribution in [2.24, 2.45) is 0 Å². The standard InChI is InChI=1S/C13H18N6/c1-18-7-3-11(4-8-18)19-9-12(16-10-19)17-13-14-5-2-6-15-13/h2,5-6,9-11H,3-4,7-8H2,1H3,(H,14,15,17). The van der Waals surface area contributed by atoms with Gasteiger partial charge in [-0.15, -0.1) is 0 Å². The first kappa shape index (κ1) is 12.1. The molecule has 6 nitrogen and oxygen atoms in total. The smallest absolute Gasteiger partial charge is 0.228 e. The second-order valence-corrected chi connectivity index (χ2v) is 4.94. The maximum Gasteiger partial charge on any atom is 0.228 e. The number of anilines is 2. The minimum Gasteiger partial charge on any atom is -0.332 e. The molecule has 1 saturated heterocycles. The Morgan fingerprint density at radius 1 is 1.16 bits per heavy atom. The van der Waals surface area contributed by atoms with Gasteiger partial charge in [0.05, 0.1) is 6.33 Å². The number of nitrogens with zero attached hydrogens (tertiary/aromatic N) is 5. The Kier molecular flexibility index (Phi) is 3.41. The first-order chi connectivity index (χ1) is 9.31. The van der Waals surface area contributed by atoms with E-state index in [2.05, 4.69) is 36.8 Å². The van der Waals surface area contributed by atoms with Crippen molar-refractivity contribution in [2.45, 2.75) is 18.9 Å². The van der Waals surface area contributed by atoms with Crippen molar-refractivity contribution in [3.8, 4) is 0 Å². The molecular weight excluding hydrogens is 240 g/mol. The molecule has 1 aliphatic heterocycles. The molecule has 0 bridgehead atoms. The average Bonchev–Trinajstić information content (AvgIpc) is 2.89. The zero-order valence-corrected chi connectivity index (χ0v) is 11.0. The van der Waals surface area contributed by atoms with E-state index in [1.807, 2.05) is 12.5 Å². The molecule has 1 aliphatic rings. The maximum absolute atomic E-state index is 4.36. The minimum absolute atomic E-state index is 0.552. The summed E-state index contributed by atoms with van der Waals surface area (Å²) in [7, 11) is 2.17. The Balaban J connectivity index is 1.66. The summed E-state index contributed by atoms with van der Waals surface area (Å²) in [6.07, 6.45) is 9.70. The van der Waals surface area contributed by atoms with E-state index < -0.39 is 0 Å². The van der Waals surface area contributed by atoms with Gasteiger partial charge in [0.1, 0.15) is 0 Å². The first-order valence-electron chi connectivity index (χ1n) is 6.57. The molecule has 1 fully saturated rings. The summed E-state index contributed by atoms with van der Waals surface area (Å²) < 4.78 is 2.19. The number of piperidine rings is 1. The molecule has 0 amide bonds. The molecule has 0 spiro atoms. The third-order valence-corrected chi connectivity index (χ3v) is 3.52. The van der Waals surface area contributed by atoms with Gasteiger partial charge in [0.25, 0.3) is 0 Å².